The molecule has 1 aromatic carbocycles. The normalized spacial score (nSPS) is 18.3. The Bertz CT molecular complexity index is 499. The molecule has 1 aliphatic rings. The fourth-order valence-electron chi connectivity index (χ4n) is 2.89. The van der Waals surface area contributed by atoms with Gasteiger partial charge < -0.3 is 5.32 Å². The lowest BCUT2D eigenvalue weighted by Crippen LogP contribution is -2.39. The van der Waals surface area contributed by atoms with Crippen molar-refractivity contribution in [3.63, 3.8) is 0 Å². The summed E-state index contributed by atoms with van der Waals surface area (Å²) in [5.74, 6) is -1.35. The first-order valence-electron chi connectivity index (χ1n) is 8.03. The second-order valence-electron chi connectivity index (χ2n) is 6.00. The van der Waals surface area contributed by atoms with Crippen LogP contribution in [0.4, 0.5) is 8.78 Å². The summed E-state index contributed by atoms with van der Waals surface area (Å²) in [6.45, 7) is 3.92. The van der Waals surface area contributed by atoms with E-state index in [4.69, 9.17) is 0 Å². The molecule has 1 fully saturated rings. The summed E-state index contributed by atoms with van der Waals surface area (Å²) in [5, 5.41) is 2.80. The smallest absolute Gasteiger partial charge is 0.234 e. The molecule has 1 aromatic rings. The van der Waals surface area contributed by atoms with Crippen molar-refractivity contribution in [2.24, 2.45) is 0 Å². The number of rotatable bonds is 4. The second-order valence-corrected chi connectivity index (χ2v) is 6.00. The topological polar surface area (TPSA) is 32.3 Å². The number of hydrogen-bond acceptors (Lipinski definition) is 2. The van der Waals surface area contributed by atoms with E-state index in [0.29, 0.717) is 12.1 Å². The number of benzene rings is 1. The number of nitrogens with one attached hydrogen (secondary N) is 1. The lowest BCUT2D eigenvalue weighted by atomic mass is 10.1. The minimum Gasteiger partial charge on any atom is -0.348 e. The molecule has 2 rings (SSSR count). The predicted octanol–water partition coefficient (Wildman–Crippen LogP) is 3.41. The van der Waals surface area contributed by atoms with Gasteiger partial charge in [-0.2, -0.15) is 0 Å². The second kappa shape index (κ2) is 8.22. The van der Waals surface area contributed by atoms with Gasteiger partial charge in [-0.25, -0.2) is 8.78 Å². The van der Waals surface area contributed by atoms with Crippen LogP contribution in [-0.2, 0) is 4.79 Å². The molecular formula is C17H24F2N2O. The molecule has 0 unspecified atom stereocenters. The van der Waals surface area contributed by atoms with Gasteiger partial charge in [-0.1, -0.05) is 25.3 Å². The number of amides is 1. The van der Waals surface area contributed by atoms with Gasteiger partial charge in [-0.05, 0) is 38.9 Å². The Kier molecular flexibility index (Phi) is 6.31. The third kappa shape index (κ3) is 5.05. The van der Waals surface area contributed by atoms with Crippen LogP contribution in [0.25, 0.3) is 0 Å². The molecular weight excluding hydrogens is 286 g/mol. The third-order valence-corrected chi connectivity index (χ3v) is 4.12. The van der Waals surface area contributed by atoms with Crippen molar-refractivity contribution in [2.75, 3.05) is 19.6 Å². The Labute approximate surface area is 130 Å². The van der Waals surface area contributed by atoms with Crippen LogP contribution < -0.4 is 5.32 Å². The maximum Gasteiger partial charge on any atom is 0.234 e. The number of carbonyl (C=O) groups excluding carboxylic acids is 1. The third-order valence-electron chi connectivity index (χ3n) is 4.12. The van der Waals surface area contributed by atoms with Crippen LogP contribution in [0.1, 0.15) is 50.6 Å². The van der Waals surface area contributed by atoms with Gasteiger partial charge in [-0.3, -0.25) is 9.69 Å². The maximum absolute atomic E-state index is 13.7. The van der Waals surface area contributed by atoms with Gasteiger partial charge in [-0.15, -0.1) is 0 Å². The average Bonchev–Trinajstić information content (AvgIpc) is 2.41. The minimum atomic E-state index is -0.626. The molecule has 1 saturated heterocycles. The lowest BCUT2D eigenvalue weighted by Gasteiger charge is -2.25. The largest absolute Gasteiger partial charge is 0.348 e. The summed E-state index contributed by atoms with van der Waals surface area (Å²) in [5.41, 5.74) is 0.308. The van der Waals surface area contributed by atoms with E-state index in [9.17, 15) is 13.6 Å². The van der Waals surface area contributed by atoms with Crippen LogP contribution in [0.2, 0.25) is 0 Å². The van der Waals surface area contributed by atoms with Gasteiger partial charge in [0.1, 0.15) is 11.6 Å². The van der Waals surface area contributed by atoms with Crippen LogP contribution in [0.15, 0.2) is 18.2 Å². The SMILES string of the molecule is C[C@@H](NC(=O)CN1CCCCCCC1)c1ccc(F)cc1F. The summed E-state index contributed by atoms with van der Waals surface area (Å²) in [6, 6.07) is 2.96. The van der Waals surface area contributed by atoms with E-state index in [1.165, 1.54) is 31.4 Å². The quantitative estimate of drug-likeness (QED) is 0.924. The van der Waals surface area contributed by atoms with E-state index in [2.05, 4.69) is 10.2 Å². The molecule has 0 saturated carbocycles. The highest BCUT2D eigenvalue weighted by Gasteiger charge is 2.17. The van der Waals surface area contributed by atoms with Crippen LogP contribution in [-0.4, -0.2) is 30.4 Å². The van der Waals surface area contributed by atoms with Crippen molar-refractivity contribution in [3.05, 3.63) is 35.4 Å². The number of halogens is 2. The average molecular weight is 310 g/mol. The van der Waals surface area contributed by atoms with E-state index in [1.54, 1.807) is 6.92 Å². The van der Waals surface area contributed by atoms with Crippen LogP contribution in [0.5, 0.6) is 0 Å². The molecule has 0 aliphatic carbocycles. The van der Waals surface area contributed by atoms with E-state index in [0.717, 1.165) is 32.0 Å². The number of likely N-dealkylation sites (tertiary alicyclic amines) is 1. The zero-order valence-corrected chi connectivity index (χ0v) is 13.1. The molecule has 22 heavy (non-hydrogen) atoms. The van der Waals surface area contributed by atoms with E-state index in [1.807, 2.05) is 0 Å². The Morgan fingerprint density at radius 3 is 2.45 bits per heavy atom. The minimum absolute atomic E-state index is 0.114. The first-order valence-corrected chi connectivity index (χ1v) is 8.03. The van der Waals surface area contributed by atoms with Crippen molar-refractivity contribution < 1.29 is 13.6 Å². The van der Waals surface area contributed by atoms with Crippen LogP contribution in [0, 0.1) is 11.6 Å². The highest BCUT2D eigenvalue weighted by atomic mass is 19.1. The van der Waals surface area contributed by atoms with E-state index in [-0.39, 0.29) is 5.91 Å². The molecule has 3 nitrogen and oxygen atoms in total. The summed E-state index contributed by atoms with van der Waals surface area (Å²) in [7, 11) is 0. The van der Waals surface area contributed by atoms with Gasteiger partial charge in [0, 0.05) is 11.6 Å². The fraction of sp³-hybridized carbons (Fsp3) is 0.588. The molecule has 1 heterocycles. The Hall–Kier alpha value is -1.49. The van der Waals surface area contributed by atoms with Gasteiger partial charge >= 0.3 is 0 Å². The van der Waals surface area contributed by atoms with Crippen molar-refractivity contribution in [2.45, 2.75) is 45.1 Å². The predicted molar refractivity (Wildman–Crippen MR) is 82.4 cm³/mol. The molecule has 5 heteroatoms. The molecule has 122 valence electrons. The molecule has 1 N–H and O–H groups in total. The zero-order valence-electron chi connectivity index (χ0n) is 13.1. The first kappa shape index (κ1) is 16.9. The highest BCUT2D eigenvalue weighted by Crippen LogP contribution is 2.17. The van der Waals surface area contributed by atoms with Crippen molar-refractivity contribution >= 4 is 5.91 Å². The molecule has 1 aliphatic heterocycles. The maximum atomic E-state index is 13.7. The van der Waals surface area contributed by atoms with Gasteiger partial charge in [0.15, 0.2) is 0 Å². The van der Waals surface area contributed by atoms with Gasteiger partial charge in [0.05, 0.1) is 12.6 Å². The number of carbonyl (C=O) groups is 1. The molecule has 0 spiro atoms. The highest BCUT2D eigenvalue weighted by molar-refractivity contribution is 5.78. The Morgan fingerprint density at radius 1 is 1.18 bits per heavy atom. The van der Waals surface area contributed by atoms with E-state index < -0.39 is 17.7 Å². The van der Waals surface area contributed by atoms with Crippen molar-refractivity contribution in [1.29, 1.82) is 0 Å². The van der Waals surface area contributed by atoms with Crippen LogP contribution in [0.3, 0.4) is 0 Å². The number of hydrogen-bond donors (Lipinski definition) is 1. The molecule has 0 bridgehead atoms. The van der Waals surface area contributed by atoms with Crippen LogP contribution >= 0.6 is 0 Å². The zero-order chi connectivity index (χ0) is 15.9. The summed E-state index contributed by atoms with van der Waals surface area (Å²) in [6.07, 6.45) is 5.95. The summed E-state index contributed by atoms with van der Waals surface area (Å²) >= 11 is 0. The standard InChI is InChI=1S/C17H24F2N2O/c1-13(15-8-7-14(18)11-16(15)19)20-17(22)12-21-9-5-3-2-4-6-10-21/h7-8,11,13H,2-6,9-10,12H2,1H3,(H,20,22)/t13-/m1/s1. The molecule has 1 amide bonds. The van der Waals surface area contributed by atoms with Crippen molar-refractivity contribution in [3.8, 4) is 0 Å². The first-order chi connectivity index (χ1) is 10.6. The number of nitrogens with zero attached hydrogens (tertiary/aromatic N) is 1. The molecule has 0 radical (unpaired) electrons. The van der Waals surface area contributed by atoms with Gasteiger partial charge in [0.2, 0.25) is 5.91 Å². The Balaban J connectivity index is 1.87. The van der Waals surface area contributed by atoms with Gasteiger partial charge in [0.25, 0.3) is 0 Å². The monoisotopic (exact) mass is 310 g/mol. The van der Waals surface area contributed by atoms with E-state index >= 15 is 0 Å². The molecule has 0 aromatic heterocycles. The molecule has 1 atom stereocenters. The Morgan fingerprint density at radius 2 is 1.82 bits per heavy atom. The summed E-state index contributed by atoms with van der Waals surface area (Å²) < 4.78 is 26.6. The fourth-order valence-corrected chi connectivity index (χ4v) is 2.89. The van der Waals surface area contributed by atoms with Crippen molar-refractivity contribution in [1.82, 2.24) is 10.2 Å². The lowest BCUT2D eigenvalue weighted by molar-refractivity contribution is -0.123. The summed E-state index contributed by atoms with van der Waals surface area (Å²) in [4.78, 5) is 14.3.